The first-order chi connectivity index (χ1) is 16.5. The number of benzene rings is 1. The normalized spacial score (nSPS) is 20.1. The minimum absolute atomic E-state index is 0.149. The molecule has 2 N–H and O–H groups in total. The lowest BCUT2D eigenvalue weighted by atomic mass is 9.62. The third-order valence-corrected chi connectivity index (χ3v) is 7.62. The highest BCUT2D eigenvalue weighted by Gasteiger charge is 2.49. The summed E-state index contributed by atoms with van der Waals surface area (Å²) in [5.74, 6) is 0.762. The van der Waals surface area contributed by atoms with Crippen LogP contribution in [-0.4, -0.2) is 37.4 Å². The summed E-state index contributed by atoms with van der Waals surface area (Å²) in [6, 6.07) is 11.1. The predicted octanol–water partition coefficient (Wildman–Crippen LogP) is 4.30. The van der Waals surface area contributed by atoms with Gasteiger partial charge in [0.15, 0.2) is 11.4 Å². The topological polar surface area (TPSA) is 97.1 Å². The summed E-state index contributed by atoms with van der Waals surface area (Å²) in [4.78, 5) is 33.8. The molecule has 174 valence electrons. The molecule has 0 saturated heterocycles. The standard InChI is InChI=1S/C27H28N4O3/c32-23-16-22(27(23)12-2-1-3-13-27)29-21(26(33)34)15-17-6-10-19(11-7-17)31-24(18-8-9-18)30-20-5-4-14-28-25(20)31/h4-7,10-11,14,16,18,21,29H,1-3,8-9,12-13,15H2,(H,33,34)/t21-/m0/s1. The van der Waals surface area contributed by atoms with Crippen LogP contribution in [0.2, 0.25) is 0 Å². The van der Waals surface area contributed by atoms with Gasteiger partial charge in [-0.3, -0.25) is 9.36 Å². The van der Waals surface area contributed by atoms with E-state index in [-0.39, 0.29) is 5.78 Å². The second kappa shape index (κ2) is 8.08. The molecule has 0 bridgehead atoms. The van der Waals surface area contributed by atoms with Gasteiger partial charge in [0.05, 0.1) is 5.41 Å². The fourth-order valence-electron chi connectivity index (χ4n) is 5.52. The average Bonchev–Trinajstić information content (AvgIpc) is 3.64. The molecule has 34 heavy (non-hydrogen) atoms. The molecule has 0 amide bonds. The summed E-state index contributed by atoms with van der Waals surface area (Å²) >= 11 is 0. The van der Waals surface area contributed by atoms with Gasteiger partial charge in [0, 0.05) is 36.0 Å². The third-order valence-electron chi connectivity index (χ3n) is 7.62. The maximum Gasteiger partial charge on any atom is 0.326 e. The smallest absolute Gasteiger partial charge is 0.326 e. The van der Waals surface area contributed by atoms with Gasteiger partial charge in [0.1, 0.15) is 17.4 Å². The number of aromatic nitrogens is 3. The number of fused-ring (bicyclic) bond motifs is 1. The summed E-state index contributed by atoms with van der Waals surface area (Å²) in [6.45, 7) is 0. The van der Waals surface area contributed by atoms with E-state index in [1.165, 1.54) is 0 Å². The van der Waals surface area contributed by atoms with Gasteiger partial charge in [-0.15, -0.1) is 0 Å². The van der Waals surface area contributed by atoms with Crippen LogP contribution < -0.4 is 5.32 Å². The van der Waals surface area contributed by atoms with E-state index in [0.29, 0.717) is 12.3 Å². The summed E-state index contributed by atoms with van der Waals surface area (Å²) in [7, 11) is 0. The maximum absolute atomic E-state index is 12.4. The fourth-order valence-corrected chi connectivity index (χ4v) is 5.52. The van der Waals surface area contributed by atoms with Crippen molar-refractivity contribution in [1.29, 1.82) is 0 Å². The van der Waals surface area contributed by atoms with Crippen LogP contribution in [0.25, 0.3) is 16.9 Å². The zero-order valence-electron chi connectivity index (χ0n) is 19.0. The number of ketones is 1. The molecule has 0 unspecified atom stereocenters. The number of hydrogen-bond donors (Lipinski definition) is 2. The Morgan fingerprint density at radius 1 is 1.15 bits per heavy atom. The molecule has 3 aliphatic rings. The Balaban J connectivity index is 1.23. The maximum atomic E-state index is 12.4. The number of imidazole rings is 1. The number of hydrogen-bond acceptors (Lipinski definition) is 5. The second-order valence-corrected chi connectivity index (χ2v) is 9.90. The van der Waals surface area contributed by atoms with Crippen LogP contribution in [0, 0.1) is 5.41 Å². The van der Waals surface area contributed by atoms with E-state index >= 15 is 0 Å². The van der Waals surface area contributed by atoms with Crippen LogP contribution in [-0.2, 0) is 16.0 Å². The number of nitrogens with one attached hydrogen (secondary N) is 1. The lowest BCUT2D eigenvalue weighted by Gasteiger charge is -2.44. The van der Waals surface area contributed by atoms with E-state index < -0.39 is 17.4 Å². The van der Waals surface area contributed by atoms with Gasteiger partial charge in [0.25, 0.3) is 0 Å². The molecule has 2 fully saturated rings. The van der Waals surface area contributed by atoms with E-state index in [2.05, 4.69) is 14.9 Å². The Hall–Kier alpha value is -3.48. The molecule has 1 atom stereocenters. The van der Waals surface area contributed by atoms with Gasteiger partial charge in [-0.05, 0) is 55.5 Å². The molecule has 0 aliphatic heterocycles. The molecule has 7 nitrogen and oxygen atoms in total. The van der Waals surface area contributed by atoms with Gasteiger partial charge in [-0.25, -0.2) is 14.8 Å². The summed E-state index contributed by atoms with van der Waals surface area (Å²) in [6.07, 6.45) is 10.8. The molecule has 3 aromatic rings. The summed E-state index contributed by atoms with van der Waals surface area (Å²) < 4.78 is 2.13. The van der Waals surface area contributed by atoms with Crippen molar-refractivity contribution in [3.8, 4) is 5.69 Å². The number of pyridine rings is 1. The van der Waals surface area contributed by atoms with Crippen molar-refractivity contribution in [2.75, 3.05) is 0 Å². The SMILES string of the molecule is O=C(O)[C@H](Cc1ccc(-n2c(C3CC3)nc3cccnc32)cc1)NC1=CC(=O)C12CCCCC2. The lowest BCUT2D eigenvalue weighted by molar-refractivity contribution is -0.140. The molecule has 6 rings (SSSR count). The number of aliphatic carboxylic acids is 1. The molecule has 0 radical (unpaired) electrons. The monoisotopic (exact) mass is 456 g/mol. The second-order valence-electron chi connectivity index (χ2n) is 9.90. The van der Waals surface area contributed by atoms with Crippen molar-refractivity contribution in [2.24, 2.45) is 5.41 Å². The molecule has 2 aromatic heterocycles. The van der Waals surface area contributed by atoms with E-state index in [9.17, 15) is 14.7 Å². The first kappa shape index (κ1) is 21.1. The summed E-state index contributed by atoms with van der Waals surface area (Å²) in [5, 5.41) is 13.1. The van der Waals surface area contributed by atoms with Crippen LogP contribution in [0.3, 0.4) is 0 Å². The highest BCUT2D eigenvalue weighted by Crippen LogP contribution is 2.48. The van der Waals surface area contributed by atoms with Gasteiger partial charge in [-0.1, -0.05) is 31.4 Å². The average molecular weight is 457 g/mol. The number of nitrogens with zero attached hydrogens (tertiary/aromatic N) is 3. The van der Waals surface area contributed by atoms with E-state index in [0.717, 1.165) is 78.9 Å². The van der Waals surface area contributed by atoms with Gasteiger partial charge >= 0.3 is 5.97 Å². The number of carbonyl (C=O) groups is 2. The number of allylic oxidation sites excluding steroid dienone is 2. The van der Waals surface area contributed by atoms with Crippen molar-refractivity contribution in [3.63, 3.8) is 0 Å². The number of carbonyl (C=O) groups excluding carboxylic acids is 1. The molecule has 2 heterocycles. The molecule has 2 saturated carbocycles. The molecular formula is C27H28N4O3. The highest BCUT2D eigenvalue weighted by atomic mass is 16.4. The molecular weight excluding hydrogens is 428 g/mol. The number of carboxylic acid groups (broad SMARTS) is 1. The first-order valence-electron chi connectivity index (χ1n) is 12.2. The van der Waals surface area contributed by atoms with Gasteiger partial charge in [0.2, 0.25) is 0 Å². The first-order valence-corrected chi connectivity index (χ1v) is 12.2. The van der Waals surface area contributed by atoms with Gasteiger partial charge in [-0.2, -0.15) is 0 Å². The van der Waals surface area contributed by atoms with Crippen LogP contribution in [0.1, 0.15) is 62.3 Å². The van der Waals surface area contributed by atoms with Gasteiger partial charge < -0.3 is 10.4 Å². The molecule has 1 spiro atoms. The van der Waals surface area contributed by atoms with E-state index in [1.807, 2.05) is 36.4 Å². The van der Waals surface area contributed by atoms with Crippen molar-refractivity contribution >= 4 is 22.9 Å². The third kappa shape index (κ3) is 3.50. The molecule has 1 aromatic carbocycles. The van der Waals surface area contributed by atoms with Crippen LogP contribution >= 0.6 is 0 Å². The Morgan fingerprint density at radius 3 is 2.59 bits per heavy atom. The molecule has 3 aliphatic carbocycles. The highest BCUT2D eigenvalue weighted by molar-refractivity contribution is 6.05. The summed E-state index contributed by atoms with van der Waals surface area (Å²) in [5.41, 5.74) is 4.00. The fraction of sp³-hybridized carbons (Fsp3) is 0.407. The number of carboxylic acids is 1. The van der Waals surface area contributed by atoms with Crippen molar-refractivity contribution in [1.82, 2.24) is 19.9 Å². The molecule has 7 heteroatoms. The van der Waals surface area contributed by atoms with Crippen molar-refractivity contribution in [3.05, 3.63) is 65.8 Å². The van der Waals surface area contributed by atoms with Crippen molar-refractivity contribution in [2.45, 2.75) is 63.3 Å². The zero-order valence-corrected chi connectivity index (χ0v) is 19.0. The Bertz CT molecular complexity index is 1300. The minimum Gasteiger partial charge on any atom is -0.480 e. The quantitative estimate of drug-likeness (QED) is 0.550. The van der Waals surface area contributed by atoms with Crippen LogP contribution in [0.5, 0.6) is 0 Å². The predicted molar refractivity (Wildman–Crippen MR) is 128 cm³/mol. The lowest BCUT2D eigenvalue weighted by Crippen LogP contribution is -2.51. The number of rotatable bonds is 7. The Morgan fingerprint density at radius 2 is 1.91 bits per heavy atom. The zero-order chi connectivity index (χ0) is 23.3. The van der Waals surface area contributed by atoms with E-state index in [4.69, 9.17) is 4.98 Å². The van der Waals surface area contributed by atoms with Crippen molar-refractivity contribution < 1.29 is 14.7 Å². The largest absolute Gasteiger partial charge is 0.480 e. The van der Waals surface area contributed by atoms with Crippen LogP contribution in [0.4, 0.5) is 0 Å². The minimum atomic E-state index is -0.906. The van der Waals surface area contributed by atoms with E-state index in [1.54, 1.807) is 12.3 Å². The van der Waals surface area contributed by atoms with Crippen LogP contribution in [0.15, 0.2) is 54.4 Å². The Labute approximate surface area is 197 Å². The Kier molecular flexibility index (Phi) is 5.01.